The number of benzene rings is 2. The van der Waals surface area contributed by atoms with Gasteiger partial charge in [-0.1, -0.05) is 12.1 Å². The molecule has 14 heteroatoms. The second-order valence-corrected chi connectivity index (χ2v) is 9.23. The van der Waals surface area contributed by atoms with E-state index < -0.39 is 36.9 Å². The number of halogens is 6. The molecule has 3 aromatic rings. The van der Waals surface area contributed by atoms with Crippen LogP contribution in [0.25, 0.3) is 10.1 Å². The Morgan fingerprint density at radius 1 is 1.12 bits per heavy atom. The van der Waals surface area contributed by atoms with Crippen LogP contribution in [0.3, 0.4) is 0 Å². The maximum Gasteiger partial charge on any atom is 0.573 e. The van der Waals surface area contributed by atoms with E-state index in [2.05, 4.69) is 20.7 Å². The van der Waals surface area contributed by atoms with Crippen LogP contribution >= 0.6 is 35.6 Å². The lowest BCUT2D eigenvalue weighted by Gasteiger charge is -2.15. The summed E-state index contributed by atoms with van der Waals surface area (Å²) in [4.78, 5) is 29.2. The molecule has 2 aromatic carbocycles. The molecular formula is C18H12BrF5NO5PS. The van der Waals surface area contributed by atoms with E-state index in [1.807, 2.05) is 0 Å². The van der Waals surface area contributed by atoms with Gasteiger partial charge in [-0.05, 0) is 45.8 Å². The SMILES string of the molecule is NC(=O)c1cc(OCc2ccc(OC(F)(F)F)cc2)c2sc(C(F)(F)P(O)O)c(Br)c2c1. The molecule has 0 saturated heterocycles. The van der Waals surface area contributed by atoms with E-state index in [0.29, 0.717) is 16.9 Å². The summed E-state index contributed by atoms with van der Waals surface area (Å²) in [6.45, 7) is -0.183. The predicted molar refractivity (Wildman–Crippen MR) is 111 cm³/mol. The fourth-order valence-electron chi connectivity index (χ4n) is 2.62. The number of nitrogens with two attached hydrogens (primary N) is 1. The Bertz CT molecular complexity index is 1150. The lowest BCUT2D eigenvalue weighted by Crippen LogP contribution is -2.17. The molecule has 0 aliphatic carbocycles. The molecule has 0 spiro atoms. The van der Waals surface area contributed by atoms with Crippen molar-refractivity contribution in [3.8, 4) is 11.5 Å². The zero-order chi connectivity index (χ0) is 23.8. The number of hydrogen-bond acceptors (Lipinski definition) is 6. The van der Waals surface area contributed by atoms with Crippen molar-refractivity contribution < 1.29 is 46.0 Å². The van der Waals surface area contributed by atoms with Crippen LogP contribution in [0, 0.1) is 0 Å². The van der Waals surface area contributed by atoms with E-state index in [4.69, 9.17) is 20.3 Å². The number of carbonyl (C=O) groups excluding carboxylic acids is 1. The minimum absolute atomic E-state index is 0.000115. The number of carbonyl (C=O) groups is 1. The van der Waals surface area contributed by atoms with Crippen LogP contribution < -0.4 is 15.2 Å². The summed E-state index contributed by atoms with van der Waals surface area (Å²) in [6.07, 6.45) is -4.84. The van der Waals surface area contributed by atoms with Crippen molar-refractivity contribution in [3.63, 3.8) is 0 Å². The van der Waals surface area contributed by atoms with Gasteiger partial charge in [0.25, 0.3) is 0 Å². The van der Waals surface area contributed by atoms with Gasteiger partial charge in [-0.15, -0.1) is 24.5 Å². The van der Waals surface area contributed by atoms with Gasteiger partial charge in [-0.3, -0.25) is 4.79 Å². The molecule has 1 heterocycles. The molecule has 1 amide bonds. The highest BCUT2D eigenvalue weighted by atomic mass is 79.9. The Labute approximate surface area is 190 Å². The number of hydrogen-bond donors (Lipinski definition) is 3. The van der Waals surface area contributed by atoms with E-state index in [1.165, 1.54) is 24.3 Å². The van der Waals surface area contributed by atoms with Gasteiger partial charge in [0.05, 0.1) is 9.58 Å². The molecule has 0 bridgehead atoms. The van der Waals surface area contributed by atoms with Gasteiger partial charge < -0.3 is 25.0 Å². The van der Waals surface area contributed by atoms with E-state index in [-0.39, 0.29) is 32.5 Å². The number of ether oxygens (including phenoxy) is 2. The first kappa shape index (κ1) is 24.6. The summed E-state index contributed by atoms with van der Waals surface area (Å²) in [5, 5.41) is 0.141. The second-order valence-electron chi connectivity index (χ2n) is 6.27. The van der Waals surface area contributed by atoms with E-state index >= 15 is 0 Å². The third-order valence-electron chi connectivity index (χ3n) is 4.05. The largest absolute Gasteiger partial charge is 0.573 e. The first-order chi connectivity index (χ1) is 14.8. The molecule has 0 aliphatic rings. The number of primary amides is 1. The van der Waals surface area contributed by atoms with Gasteiger partial charge in [0.1, 0.15) is 18.1 Å². The van der Waals surface area contributed by atoms with Crippen LogP contribution in [0.2, 0.25) is 0 Å². The van der Waals surface area contributed by atoms with Gasteiger partial charge >= 0.3 is 12.0 Å². The molecule has 3 rings (SSSR count). The van der Waals surface area contributed by atoms with Gasteiger partial charge in [-0.2, -0.15) is 8.78 Å². The van der Waals surface area contributed by atoms with Crippen molar-refractivity contribution in [1.82, 2.24) is 0 Å². The Morgan fingerprint density at radius 2 is 1.75 bits per heavy atom. The number of rotatable bonds is 7. The summed E-state index contributed by atoms with van der Waals surface area (Å²) in [7, 11) is -3.64. The average Bonchev–Trinajstić information content (AvgIpc) is 3.03. The number of thiophene rings is 1. The minimum atomic E-state index is -4.84. The lowest BCUT2D eigenvalue weighted by molar-refractivity contribution is -0.274. The molecule has 0 unspecified atom stereocenters. The first-order valence-corrected chi connectivity index (χ1v) is 11.2. The van der Waals surface area contributed by atoms with Crippen LogP contribution in [0.4, 0.5) is 22.0 Å². The van der Waals surface area contributed by atoms with Crippen molar-refractivity contribution in [3.05, 3.63) is 56.9 Å². The van der Waals surface area contributed by atoms with Crippen LogP contribution in [-0.4, -0.2) is 22.1 Å². The topological polar surface area (TPSA) is 102 Å². The summed E-state index contributed by atoms with van der Waals surface area (Å²) < 4.78 is 74.7. The zero-order valence-corrected chi connectivity index (χ0v) is 18.8. The summed E-state index contributed by atoms with van der Waals surface area (Å²) in [5.74, 6) is -1.29. The molecule has 0 aliphatic heterocycles. The fraction of sp³-hybridized carbons (Fsp3) is 0.167. The van der Waals surface area contributed by atoms with E-state index in [1.54, 1.807) is 0 Å². The number of amides is 1. The summed E-state index contributed by atoms with van der Waals surface area (Å²) in [6, 6.07) is 7.26. The van der Waals surface area contributed by atoms with Gasteiger partial charge in [0.2, 0.25) is 14.3 Å². The molecule has 0 saturated carbocycles. The van der Waals surface area contributed by atoms with E-state index in [0.717, 1.165) is 12.1 Å². The Hall–Kier alpha value is -2.05. The Morgan fingerprint density at radius 3 is 2.28 bits per heavy atom. The van der Waals surface area contributed by atoms with Crippen LogP contribution in [0.15, 0.2) is 40.9 Å². The third-order valence-corrected chi connectivity index (χ3v) is 7.31. The van der Waals surface area contributed by atoms with E-state index in [9.17, 15) is 26.7 Å². The molecule has 4 N–H and O–H groups in total. The third kappa shape index (κ3) is 5.29. The molecule has 0 fully saturated rings. The lowest BCUT2D eigenvalue weighted by atomic mass is 10.1. The van der Waals surface area contributed by atoms with Crippen molar-refractivity contribution in [2.24, 2.45) is 5.73 Å². The minimum Gasteiger partial charge on any atom is -0.487 e. The maximum atomic E-state index is 14.3. The summed E-state index contributed by atoms with van der Waals surface area (Å²) >= 11 is 3.53. The predicted octanol–water partition coefficient (Wildman–Crippen LogP) is 5.59. The molecule has 32 heavy (non-hydrogen) atoms. The highest BCUT2D eigenvalue weighted by molar-refractivity contribution is 9.10. The Kier molecular flexibility index (Phi) is 6.97. The number of fused-ring (bicyclic) bond motifs is 1. The molecule has 1 aromatic heterocycles. The Balaban J connectivity index is 1.96. The molecule has 6 nitrogen and oxygen atoms in total. The maximum absolute atomic E-state index is 14.3. The fourth-order valence-corrected chi connectivity index (χ4v) is 5.40. The van der Waals surface area contributed by atoms with Gasteiger partial charge in [0, 0.05) is 15.4 Å². The van der Waals surface area contributed by atoms with Crippen molar-refractivity contribution in [2.45, 2.75) is 18.6 Å². The monoisotopic (exact) mass is 559 g/mol. The smallest absolute Gasteiger partial charge is 0.487 e. The van der Waals surface area contributed by atoms with Gasteiger partial charge in [-0.25, -0.2) is 0 Å². The highest BCUT2D eigenvalue weighted by Crippen LogP contribution is 2.58. The van der Waals surface area contributed by atoms with Crippen LogP contribution in [-0.2, 0) is 12.3 Å². The van der Waals surface area contributed by atoms with Gasteiger partial charge in [0.15, 0.2) is 0 Å². The molecule has 172 valence electrons. The van der Waals surface area contributed by atoms with Crippen molar-refractivity contribution in [1.29, 1.82) is 0 Å². The van der Waals surface area contributed by atoms with Crippen molar-refractivity contribution in [2.75, 3.05) is 0 Å². The van der Waals surface area contributed by atoms with Crippen molar-refractivity contribution >= 4 is 51.6 Å². The quantitative estimate of drug-likeness (QED) is 0.259. The first-order valence-electron chi connectivity index (χ1n) is 8.39. The van der Waals surface area contributed by atoms with Crippen LogP contribution in [0.5, 0.6) is 11.5 Å². The number of alkyl halides is 5. The van der Waals surface area contributed by atoms with Crippen LogP contribution in [0.1, 0.15) is 20.8 Å². The second kappa shape index (κ2) is 9.06. The molecule has 0 atom stereocenters. The average molecular weight is 560 g/mol. The molecular weight excluding hydrogens is 548 g/mol. The standard InChI is InChI=1S/C18H12BrF5NO5PS/c19-13-11-5-9(16(25)26)6-12(14(11)32-15(13)17(20,21)31(27)28)29-7-8-1-3-10(4-2-8)30-18(22,23)24/h1-6,27-28H,7H2,(H2,25,26). The zero-order valence-electron chi connectivity index (χ0n) is 15.5. The summed E-state index contributed by atoms with van der Waals surface area (Å²) in [5.41, 5.74) is 1.73. The molecule has 0 radical (unpaired) electrons. The highest BCUT2D eigenvalue weighted by Gasteiger charge is 2.45. The normalized spacial score (nSPS) is 12.4.